The van der Waals surface area contributed by atoms with Crippen LogP contribution >= 0.6 is 0 Å². The monoisotopic (exact) mass is 561 g/mol. The van der Waals surface area contributed by atoms with Crippen LogP contribution in [-0.4, -0.2) is 49.4 Å². The first kappa shape index (κ1) is 29.6. The fourth-order valence-corrected chi connectivity index (χ4v) is 7.61. The lowest BCUT2D eigenvalue weighted by Gasteiger charge is -2.41. The van der Waals surface area contributed by atoms with Gasteiger partial charge in [-0.1, -0.05) is 18.2 Å². The molecule has 0 radical (unpaired) electrons. The van der Waals surface area contributed by atoms with Gasteiger partial charge in [0.25, 0.3) is 0 Å². The second-order valence-electron chi connectivity index (χ2n) is 11.0. The molecule has 2 aromatic carbocycles. The van der Waals surface area contributed by atoms with Crippen LogP contribution in [-0.2, 0) is 25.9 Å². The molecule has 206 valence electrons. The fraction of sp³-hybridized carbons (Fsp3) is 0.538. The first-order valence-corrected chi connectivity index (χ1v) is 15.0. The summed E-state index contributed by atoms with van der Waals surface area (Å²) in [5, 5.41) is 10.9. The molecule has 11 heteroatoms. The summed E-state index contributed by atoms with van der Waals surface area (Å²) in [6.45, 7) is 8.66. The lowest BCUT2D eigenvalue weighted by Crippen LogP contribution is -2.47. The van der Waals surface area contributed by atoms with Crippen molar-refractivity contribution in [2.24, 2.45) is 5.92 Å². The van der Waals surface area contributed by atoms with E-state index >= 15 is 0 Å². The zero-order valence-electron chi connectivity index (χ0n) is 21.6. The molecule has 2 aromatic rings. The van der Waals surface area contributed by atoms with Gasteiger partial charge in [0.05, 0.1) is 24.8 Å². The molecule has 1 unspecified atom stereocenters. The third-order valence-electron chi connectivity index (χ3n) is 7.32. The standard InChI is InChI=1S/C26H34F3NO5S2/c1-24(2,3)36(32,33)21-11-9-18(10-12-21)23(31)30-15-13-19(14-16-30)25(4,5)37(34,35)22-8-6-7-20(17-22)26(27,28)29/h6-12,17,19,23,31H,13-16H2,1-5H3. The van der Waals surface area contributed by atoms with Crippen LogP contribution in [0.1, 0.15) is 64.8 Å². The predicted octanol–water partition coefficient (Wildman–Crippen LogP) is 5.23. The molecule has 0 aliphatic carbocycles. The number of hydrogen-bond donors (Lipinski definition) is 1. The molecule has 1 saturated heterocycles. The van der Waals surface area contributed by atoms with Gasteiger partial charge in [-0.15, -0.1) is 0 Å². The topological polar surface area (TPSA) is 91.8 Å². The van der Waals surface area contributed by atoms with E-state index in [1.165, 1.54) is 32.0 Å². The van der Waals surface area contributed by atoms with Crippen molar-refractivity contribution in [3.63, 3.8) is 0 Å². The van der Waals surface area contributed by atoms with Crippen molar-refractivity contribution in [3.8, 4) is 0 Å². The number of hydrogen-bond acceptors (Lipinski definition) is 6. The van der Waals surface area contributed by atoms with Gasteiger partial charge in [0.2, 0.25) is 0 Å². The Balaban J connectivity index is 1.73. The normalized spacial score (nSPS) is 18.1. The van der Waals surface area contributed by atoms with Gasteiger partial charge < -0.3 is 5.11 Å². The molecule has 1 N–H and O–H groups in total. The van der Waals surface area contributed by atoms with Crippen molar-refractivity contribution in [3.05, 3.63) is 59.7 Å². The maximum Gasteiger partial charge on any atom is 0.416 e. The van der Waals surface area contributed by atoms with Gasteiger partial charge in [0.15, 0.2) is 19.7 Å². The van der Waals surface area contributed by atoms with Crippen LogP contribution in [0, 0.1) is 5.92 Å². The third-order valence-corrected chi connectivity index (χ3v) is 12.4. The molecule has 1 aliphatic heterocycles. The Kier molecular flexibility index (Phi) is 7.98. The summed E-state index contributed by atoms with van der Waals surface area (Å²) in [7, 11) is -7.61. The summed E-state index contributed by atoms with van der Waals surface area (Å²) in [5.74, 6) is -0.338. The molecule has 6 nitrogen and oxygen atoms in total. The van der Waals surface area contributed by atoms with Crippen LogP contribution in [0.2, 0.25) is 0 Å². The van der Waals surface area contributed by atoms with E-state index in [-0.39, 0.29) is 15.7 Å². The van der Waals surface area contributed by atoms with E-state index in [4.69, 9.17) is 0 Å². The number of rotatable bonds is 6. The Morgan fingerprint density at radius 1 is 0.838 bits per heavy atom. The van der Waals surface area contributed by atoms with E-state index < -0.39 is 47.1 Å². The molecule has 1 aliphatic rings. The fourth-order valence-electron chi connectivity index (χ4n) is 4.59. The molecule has 0 saturated carbocycles. The number of nitrogens with zero attached hydrogens (tertiary/aromatic N) is 1. The Morgan fingerprint density at radius 3 is 1.86 bits per heavy atom. The summed E-state index contributed by atoms with van der Waals surface area (Å²) in [6.07, 6.45) is -4.82. The number of alkyl halides is 3. The highest BCUT2D eigenvalue weighted by molar-refractivity contribution is 7.93. The molecule has 37 heavy (non-hydrogen) atoms. The lowest BCUT2D eigenvalue weighted by atomic mass is 9.85. The SMILES string of the molecule is CC(C)(C)S(=O)(=O)c1ccc(C(O)N2CCC(C(C)(C)S(=O)(=O)c3cccc(C(F)(F)F)c3)CC2)cc1. The van der Waals surface area contributed by atoms with E-state index in [2.05, 4.69) is 0 Å². The van der Waals surface area contributed by atoms with Crippen LogP contribution in [0.4, 0.5) is 13.2 Å². The highest BCUT2D eigenvalue weighted by atomic mass is 32.2. The Labute approximate surface area is 217 Å². The molecule has 1 heterocycles. The maximum atomic E-state index is 13.4. The van der Waals surface area contributed by atoms with Crippen molar-refractivity contribution in [2.75, 3.05) is 13.1 Å². The minimum atomic E-state index is -4.65. The van der Waals surface area contributed by atoms with Crippen molar-refractivity contribution < 1.29 is 35.1 Å². The first-order chi connectivity index (χ1) is 16.8. The van der Waals surface area contributed by atoms with Crippen LogP contribution in [0.5, 0.6) is 0 Å². The third kappa shape index (κ3) is 5.74. The lowest BCUT2D eigenvalue weighted by molar-refractivity contribution is -0.137. The highest BCUT2D eigenvalue weighted by Gasteiger charge is 2.45. The van der Waals surface area contributed by atoms with Gasteiger partial charge in [0, 0.05) is 13.1 Å². The van der Waals surface area contributed by atoms with Crippen molar-refractivity contribution >= 4 is 19.7 Å². The molecule has 3 rings (SSSR count). The number of piperidine rings is 1. The van der Waals surface area contributed by atoms with Gasteiger partial charge in [-0.2, -0.15) is 13.2 Å². The summed E-state index contributed by atoms with van der Waals surface area (Å²) >= 11 is 0. The van der Waals surface area contributed by atoms with Gasteiger partial charge in [-0.05, 0) is 89.3 Å². The molecular formula is C26H34F3NO5S2. The van der Waals surface area contributed by atoms with E-state index in [1.54, 1.807) is 37.8 Å². The second kappa shape index (κ2) is 9.98. The van der Waals surface area contributed by atoms with Crippen LogP contribution in [0.15, 0.2) is 58.3 Å². The summed E-state index contributed by atoms with van der Waals surface area (Å²) in [4.78, 5) is 1.58. The summed E-state index contributed by atoms with van der Waals surface area (Å²) in [5.41, 5.74) is -0.495. The van der Waals surface area contributed by atoms with E-state index in [9.17, 15) is 35.1 Å². The first-order valence-electron chi connectivity index (χ1n) is 12.0. The number of likely N-dealkylation sites (tertiary alicyclic amines) is 1. The van der Waals surface area contributed by atoms with Crippen LogP contribution in [0.3, 0.4) is 0 Å². The Bertz CT molecular complexity index is 1320. The summed E-state index contributed by atoms with van der Waals surface area (Å²) in [6, 6.07) is 9.88. The van der Waals surface area contributed by atoms with Gasteiger partial charge in [0.1, 0.15) is 6.23 Å². The zero-order valence-corrected chi connectivity index (χ0v) is 23.2. The van der Waals surface area contributed by atoms with E-state index in [0.29, 0.717) is 37.6 Å². The molecule has 1 fully saturated rings. The molecular weight excluding hydrogens is 527 g/mol. The molecule has 0 bridgehead atoms. The number of halogens is 3. The Morgan fingerprint density at radius 2 is 1.38 bits per heavy atom. The molecule has 1 atom stereocenters. The second-order valence-corrected chi connectivity index (χ2v) is 16.2. The maximum absolute atomic E-state index is 13.4. The zero-order chi connectivity index (χ0) is 28.0. The van der Waals surface area contributed by atoms with Crippen molar-refractivity contribution in [1.82, 2.24) is 4.90 Å². The average Bonchev–Trinajstić information content (AvgIpc) is 2.82. The quantitative estimate of drug-likeness (QED) is 0.519. The summed E-state index contributed by atoms with van der Waals surface area (Å²) < 4.78 is 89.2. The largest absolute Gasteiger partial charge is 0.416 e. The number of aliphatic hydroxyl groups is 1. The van der Waals surface area contributed by atoms with Gasteiger partial charge in [-0.25, -0.2) is 16.8 Å². The highest BCUT2D eigenvalue weighted by Crippen LogP contribution is 2.40. The average molecular weight is 562 g/mol. The predicted molar refractivity (Wildman–Crippen MR) is 135 cm³/mol. The van der Waals surface area contributed by atoms with Crippen molar-refractivity contribution in [2.45, 2.75) is 79.1 Å². The number of aliphatic hydroxyl groups excluding tert-OH is 1. The van der Waals surface area contributed by atoms with Crippen LogP contribution in [0.25, 0.3) is 0 Å². The minimum Gasteiger partial charge on any atom is -0.374 e. The smallest absolute Gasteiger partial charge is 0.374 e. The minimum absolute atomic E-state index is 0.163. The Hall–Kier alpha value is -1.95. The van der Waals surface area contributed by atoms with Crippen molar-refractivity contribution in [1.29, 1.82) is 0 Å². The van der Waals surface area contributed by atoms with E-state index in [1.807, 2.05) is 0 Å². The molecule has 0 amide bonds. The number of sulfone groups is 2. The molecule has 0 aromatic heterocycles. The van der Waals surface area contributed by atoms with E-state index in [0.717, 1.165) is 12.1 Å². The van der Waals surface area contributed by atoms with Gasteiger partial charge >= 0.3 is 6.18 Å². The van der Waals surface area contributed by atoms with Crippen LogP contribution < -0.4 is 0 Å². The number of benzene rings is 2. The van der Waals surface area contributed by atoms with Gasteiger partial charge in [-0.3, -0.25) is 4.90 Å². The molecule has 0 spiro atoms.